The highest BCUT2D eigenvalue weighted by Gasteiger charge is 2.27. The van der Waals surface area contributed by atoms with Crippen LogP contribution in [0.1, 0.15) is 27.0 Å². The Morgan fingerprint density at radius 2 is 1.68 bits per heavy atom. The summed E-state index contributed by atoms with van der Waals surface area (Å²) in [5.74, 6) is 0.783. The van der Waals surface area contributed by atoms with Crippen molar-refractivity contribution in [2.75, 3.05) is 36.4 Å². The van der Waals surface area contributed by atoms with Crippen LogP contribution >= 0.6 is 11.6 Å². The Morgan fingerprint density at radius 1 is 0.977 bits per heavy atom. The zero-order chi connectivity index (χ0) is 31.4. The number of nitrogens with two attached hydrogens (primary N) is 1. The molecule has 0 radical (unpaired) electrons. The molecule has 0 atom stereocenters. The fourth-order valence-corrected chi connectivity index (χ4v) is 5.53. The number of para-hydroxylation sites is 2. The van der Waals surface area contributed by atoms with E-state index in [9.17, 15) is 19.8 Å². The maximum Gasteiger partial charge on any atom is 0.407 e. The monoisotopic (exact) mass is 619 g/mol. The molecule has 3 heterocycles. The van der Waals surface area contributed by atoms with Gasteiger partial charge in [-0.3, -0.25) is 14.4 Å². The molecule has 0 spiro atoms. The van der Waals surface area contributed by atoms with E-state index in [0.717, 1.165) is 33.9 Å². The molecule has 2 amide bonds. The minimum absolute atomic E-state index is 0.0363. The SMILES string of the molecule is Cn1ncc2c1Nc1ccccc1N(C(=O)c1ccc(CN)cc1Cl)C2.O=C(O)N1CCN(Cc2cc(O)cc(O)c2)CC1. The van der Waals surface area contributed by atoms with Crippen molar-refractivity contribution in [1.29, 1.82) is 0 Å². The number of carboxylic acid groups (broad SMARTS) is 1. The van der Waals surface area contributed by atoms with Crippen LogP contribution in [0.25, 0.3) is 0 Å². The highest BCUT2D eigenvalue weighted by Crippen LogP contribution is 2.36. The van der Waals surface area contributed by atoms with Gasteiger partial charge in [-0.1, -0.05) is 29.8 Å². The van der Waals surface area contributed by atoms with Crippen molar-refractivity contribution in [3.05, 3.63) is 94.1 Å². The summed E-state index contributed by atoms with van der Waals surface area (Å²) < 4.78 is 1.77. The number of phenols is 2. The van der Waals surface area contributed by atoms with Gasteiger partial charge in [0.1, 0.15) is 17.3 Å². The van der Waals surface area contributed by atoms with Crippen LogP contribution in [0.15, 0.2) is 66.9 Å². The molecular weight excluding hydrogens is 586 g/mol. The van der Waals surface area contributed by atoms with Gasteiger partial charge < -0.3 is 36.2 Å². The van der Waals surface area contributed by atoms with E-state index in [2.05, 4.69) is 15.3 Å². The summed E-state index contributed by atoms with van der Waals surface area (Å²) in [7, 11) is 1.87. The zero-order valence-electron chi connectivity index (χ0n) is 24.2. The van der Waals surface area contributed by atoms with Crippen LogP contribution in [0.4, 0.5) is 22.0 Å². The van der Waals surface area contributed by atoms with Crippen LogP contribution in [-0.2, 0) is 26.7 Å². The Hall–Kier alpha value is -4.78. The molecule has 1 saturated heterocycles. The van der Waals surface area contributed by atoms with Gasteiger partial charge in [-0.25, -0.2) is 4.79 Å². The van der Waals surface area contributed by atoms with Crippen LogP contribution in [0.2, 0.25) is 5.02 Å². The summed E-state index contributed by atoms with van der Waals surface area (Å²) in [6.45, 7) is 3.66. The van der Waals surface area contributed by atoms with Crippen LogP contribution in [-0.4, -0.2) is 73.1 Å². The number of nitrogens with one attached hydrogen (secondary N) is 1. The first-order valence-electron chi connectivity index (χ1n) is 14.0. The van der Waals surface area contributed by atoms with E-state index in [1.807, 2.05) is 37.4 Å². The molecule has 0 bridgehead atoms. The normalized spacial score (nSPS) is 14.4. The van der Waals surface area contributed by atoms with Crippen molar-refractivity contribution in [1.82, 2.24) is 19.6 Å². The molecule has 13 heteroatoms. The Kier molecular flexibility index (Phi) is 9.23. The van der Waals surface area contributed by atoms with Crippen LogP contribution in [0.3, 0.4) is 0 Å². The predicted molar refractivity (Wildman–Crippen MR) is 167 cm³/mol. The highest BCUT2D eigenvalue weighted by atomic mass is 35.5. The number of rotatable bonds is 4. The smallest absolute Gasteiger partial charge is 0.407 e. The number of aromatic nitrogens is 2. The summed E-state index contributed by atoms with van der Waals surface area (Å²) in [6, 6.07) is 17.5. The first-order chi connectivity index (χ1) is 21.1. The van der Waals surface area contributed by atoms with Gasteiger partial charge in [-0.05, 0) is 47.5 Å². The number of halogens is 1. The summed E-state index contributed by atoms with van der Waals surface area (Å²) in [5, 5.41) is 35.7. The molecule has 0 aliphatic carbocycles. The molecule has 6 N–H and O–H groups in total. The summed E-state index contributed by atoms with van der Waals surface area (Å²) in [5.41, 5.74) is 10.4. The van der Waals surface area contributed by atoms with Crippen molar-refractivity contribution in [3.63, 3.8) is 0 Å². The minimum Gasteiger partial charge on any atom is -0.508 e. The lowest BCUT2D eigenvalue weighted by atomic mass is 10.1. The van der Waals surface area contributed by atoms with E-state index in [0.29, 0.717) is 56.4 Å². The third kappa shape index (κ3) is 6.88. The molecule has 1 fully saturated rings. The number of phenolic OH excluding ortho intramolecular Hbond substituents is 2. The molecule has 4 aromatic rings. The molecule has 230 valence electrons. The van der Waals surface area contributed by atoms with E-state index in [-0.39, 0.29) is 17.4 Å². The molecule has 0 saturated carbocycles. The number of carbonyl (C=O) groups is 2. The molecule has 3 aromatic carbocycles. The van der Waals surface area contributed by atoms with Gasteiger partial charge in [-0.2, -0.15) is 5.10 Å². The van der Waals surface area contributed by atoms with Crippen molar-refractivity contribution >= 4 is 40.8 Å². The topological polar surface area (TPSA) is 160 Å². The second-order valence-corrected chi connectivity index (χ2v) is 11.0. The Balaban J connectivity index is 0.000000187. The lowest BCUT2D eigenvalue weighted by molar-refractivity contribution is 0.0984. The lowest BCUT2D eigenvalue weighted by Crippen LogP contribution is -2.47. The average Bonchev–Trinajstić information content (AvgIpc) is 3.24. The first kappa shape index (κ1) is 30.7. The van der Waals surface area contributed by atoms with Gasteiger partial charge >= 0.3 is 6.09 Å². The lowest BCUT2D eigenvalue weighted by Gasteiger charge is -2.33. The van der Waals surface area contributed by atoms with E-state index in [1.165, 1.54) is 11.0 Å². The molecule has 2 aliphatic heterocycles. The predicted octanol–water partition coefficient (Wildman–Crippen LogP) is 4.33. The average molecular weight is 620 g/mol. The van der Waals surface area contributed by atoms with Gasteiger partial charge in [0.2, 0.25) is 0 Å². The molecule has 2 aliphatic rings. The van der Waals surface area contributed by atoms with Gasteiger partial charge in [0.25, 0.3) is 5.91 Å². The fourth-order valence-electron chi connectivity index (χ4n) is 5.25. The second-order valence-electron chi connectivity index (χ2n) is 10.6. The number of aromatic hydroxyl groups is 2. The number of benzene rings is 3. The minimum atomic E-state index is -0.885. The molecule has 44 heavy (non-hydrogen) atoms. The first-order valence-corrected chi connectivity index (χ1v) is 14.4. The standard InChI is InChI=1S/C19H18ClN5O.C12H16N2O4/c1-24-18-13(10-22-24)11-25(17-5-3-2-4-16(17)23-18)19(26)14-7-6-12(9-21)8-15(14)20;15-10-5-9(6-11(16)7-10)8-13-1-3-14(4-2-13)12(17)18/h2-8,10,23H,9,11,21H2,1H3;5-7,15-16H,1-4,8H2,(H,17,18). The van der Waals surface area contributed by atoms with Crippen LogP contribution in [0.5, 0.6) is 11.5 Å². The number of hydrogen-bond acceptors (Lipinski definition) is 8. The summed E-state index contributed by atoms with van der Waals surface area (Å²) in [6.07, 6.45) is 0.887. The van der Waals surface area contributed by atoms with E-state index >= 15 is 0 Å². The quantitative estimate of drug-likeness (QED) is 0.224. The number of nitrogens with zero attached hydrogens (tertiary/aromatic N) is 5. The third-order valence-electron chi connectivity index (χ3n) is 7.55. The molecular formula is C31H34ClN7O5. The number of anilines is 3. The Labute approximate surface area is 259 Å². The van der Waals surface area contributed by atoms with Gasteiger partial charge in [-0.15, -0.1) is 0 Å². The summed E-state index contributed by atoms with van der Waals surface area (Å²) >= 11 is 6.36. The third-order valence-corrected chi connectivity index (χ3v) is 7.86. The second kappa shape index (κ2) is 13.2. The van der Waals surface area contributed by atoms with Crippen LogP contribution < -0.4 is 16.0 Å². The number of fused-ring (bicyclic) bond motifs is 2. The Morgan fingerprint density at radius 3 is 2.34 bits per heavy atom. The molecule has 1 aromatic heterocycles. The number of piperazine rings is 1. The number of aryl methyl sites for hydroxylation is 1. The fraction of sp³-hybridized carbons (Fsp3) is 0.258. The van der Waals surface area contributed by atoms with Gasteiger partial charge in [0.15, 0.2) is 0 Å². The number of carbonyl (C=O) groups excluding carboxylic acids is 1. The Bertz CT molecular complexity index is 1650. The molecule has 12 nitrogen and oxygen atoms in total. The maximum atomic E-state index is 13.3. The highest BCUT2D eigenvalue weighted by molar-refractivity contribution is 6.34. The zero-order valence-corrected chi connectivity index (χ0v) is 24.9. The van der Waals surface area contributed by atoms with Crippen molar-refractivity contribution in [2.45, 2.75) is 19.6 Å². The van der Waals surface area contributed by atoms with Crippen molar-refractivity contribution in [2.24, 2.45) is 12.8 Å². The van der Waals surface area contributed by atoms with Gasteiger partial charge in [0.05, 0.1) is 34.7 Å². The summed E-state index contributed by atoms with van der Waals surface area (Å²) in [4.78, 5) is 29.3. The number of hydrogen-bond donors (Lipinski definition) is 5. The molecule has 0 unspecified atom stereocenters. The van der Waals surface area contributed by atoms with E-state index < -0.39 is 6.09 Å². The number of amides is 2. The maximum absolute atomic E-state index is 13.3. The van der Waals surface area contributed by atoms with Crippen LogP contribution in [0, 0.1) is 0 Å². The van der Waals surface area contributed by atoms with Gasteiger partial charge in [0, 0.05) is 57.9 Å². The molecule has 6 rings (SSSR count). The van der Waals surface area contributed by atoms with Crippen molar-refractivity contribution in [3.8, 4) is 11.5 Å². The van der Waals surface area contributed by atoms with E-state index in [1.54, 1.807) is 40.0 Å². The van der Waals surface area contributed by atoms with E-state index in [4.69, 9.17) is 22.4 Å². The van der Waals surface area contributed by atoms with Crippen molar-refractivity contribution < 1.29 is 24.9 Å². The largest absolute Gasteiger partial charge is 0.508 e.